The number of non-ortho nitro benzene ring substituents is 1. The second-order valence-corrected chi connectivity index (χ2v) is 6.75. The summed E-state index contributed by atoms with van der Waals surface area (Å²) in [6, 6.07) is 17.7. The molecule has 156 valence electrons. The van der Waals surface area contributed by atoms with Crippen molar-refractivity contribution < 1.29 is 24.0 Å². The number of esters is 1. The maximum absolute atomic E-state index is 12.9. The molecular weight excluding hydrogens is 424 g/mol. The van der Waals surface area contributed by atoms with Crippen molar-refractivity contribution in [3.8, 4) is 0 Å². The Morgan fingerprint density at radius 2 is 1.71 bits per heavy atom. The lowest BCUT2D eigenvalue weighted by Crippen LogP contribution is -2.26. The van der Waals surface area contributed by atoms with Gasteiger partial charge in [-0.15, -0.1) is 0 Å². The van der Waals surface area contributed by atoms with Gasteiger partial charge in [0.2, 0.25) is 6.10 Å². The molecule has 0 radical (unpaired) electrons. The summed E-state index contributed by atoms with van der Waals surface area (Å²) >= 11 is 6.04. The van der Waals surface area contributed by atoms with Crippen LogP contribution in [0.3, 0.4) is 0 Å². The van der Waals surface area contributed by atoms with Gasteiger partial charge in [-0.25, -0.2) is 4.79 Å². The molecule has 0 aliphatic carbocycles. The molecule has 0 saturated carbocycles. The van der Waals surface area contributed by atoms with Crippen molar-refractivity contribution in [2.75, 3.05) is 5.32 Å². The number of halogens is 1. The quantitative estimate of drug-likeness (QED) is 0.249. The molecular formula is C22H15ClN2O6. The second kappa shape index (κ2) is 9.64. The summed E-state index contributed by atoms with van der Waals surface area (Å²) < 4.78 is 5.44. The average Bonchev–Trinajstić information content (AvgIpc) is 2.79. The predicted molar refractivity (Wildman–Crippen MR) is 113 cm³/mol. The summed E-state index contributed by atoms with van der Waals surface area (Å²) in [6.45, 7) is 0. The molecule has 0 saturated heterocycles. The molecule has 0 bridgehead atoms. The van der Waals surface area contributed by atoms with Gasteiger partial charge in [-0.2, -0.15) is 0 Å². The van der Waals surface area contributed by atoms with Crippen LogP contribution < -0.4 is 5.32 Å². The Balaban J connectivity index is 1.85. The molecule has 9 heteroatoms. The van der Waals surface area contributed by atoms with Crippen LogP contribution in [0.4, 0.5) is 11.4 Å². The van der Waals surface area contributed by atoms with Gasteiger partial charge in [-0.3, -0.25) is 19.7 Å². The van der Waals surface area contributed by atoms with E-state index in [1.54, 1.807) is 30.3 Å². The van der Waals surface area contributed by atoms with Gasteiger partial charge in [0.15, 0.2) is 0 Å². The first-order valence-electron chi connectivity index (χ1n) is 8.95. The highest BCUT2D eigenvalue weighted by Gasteiger charge is 2.26. The minimum absolute atomic E-state index is 0.0369. The summed E-state index contributed by atoms with van der Waals surface area (Å²) in [4.78, 5) is 46.5. The second-order valence-electron chi connectivity index (χ2n) is 6.35. The van der Waals surface area contributed by atoms with Crippen molar-refractivity contribution >= 4 is 41.1 Å². The van der Waals surface area contributed by atoms with Gasteiger partial charge in [-0.05, 0) is 18.2 Å². The number of benzene rings is 3. The first kappa shape index (κ1) is 21.7. The fourth-order valence-electron chi connectivity index (χ4n) is 2.69. The number of carbonyl (C=O) groups is 3. The molecule has 3 aromatic carbocycles. The number of aldehydes is 1. The summed E-state index contributed by atoms with van der Waals surface area (Å²) in [6.07, 6.45) is -0.672. The highest BCUT2D eigenvalue weighted by atomic mass is 35.5. The molecule has 8 nitrogen and oxygen atoms in total. The molecule has 1 unspecified atom stereocenters. The Kier molecular flexibility index (Phi) is 6.74. The van der Waals surface area contributed by atoms with Crippen LogP contribution in [0.25, 0.3) is 0 Å². The lowest BCUT2D eigenvalue weighted by molar-refractivity contribution is -0.384. The number of anilines is 1. The van der Waals surface area contributed by atoms with Crippen LogP contribution in [-0.2, 0) is 9.53 Å². The van der Waals surface area contributed by atoms with E-state index in [-0.39, 0.29) is 22.0 Å². The number of hydrogen-bond donors (Lipinski definition) is 1. The van der Waals surface area contributed by atoms with Crippen LogP contribution >= 0.6 is 11.6 Å². The van der Waals surface area contributed by atoms with Gasteiger partial charge < -0.3 is 10.1 Å². The van der Waals surface area contributed by atoms with E-state index >= 15 is 0 Å². The van der Waals surface area contributed by atoms with Gasteiger partial charge in [0.25, 0.3) is 11.6 Å². The van der Waals surface area contributed by atoms with Crippen molar-refractivity contribution in [1.82, 2.24) is 0 Å². The smallest absolute Gasteiger partial charge is 0.339 e. The number of nitrogens with zero attached hydrogens (tertiary/aromatic N) is 1. The summed E-state index contributed by atoms with van der Waals surface area (Å²) in [5.41, 5.74) is 0.864. The molecule has 1 amide bonds. The number of ether oxygens (including phenoxy) is 1. The van der Waals surface area contributed by atoms with Crippen LogP contribution in [0.2, 0.25) is 5.02 Å². The minimum Gasteiger partial charge on any atom is -0.444 e. The third-order valence-corrected chi connectivity index (χ3v) is 4.58. The minimum atomic E-state index is -1.31. The largest absolute Gasteiger partial charge is 0.444 e. The molecule has 0 aliphatic rings. The number of carbonyl (C=O) groups excluding carboxylic acids is 3. The highest BCUT2D eigenvalue weighted by molar-refractivity contribution is 6.34. The third-order valence-electron chi connectivity index (χ3n) is 4.27. The van der Waals surface area contributed by atoms with E-state index in [2.05, 4.69) is 5.32 Å². The number of amides is 1. The van der Waals surface area contributed by atoms with Gasteiger partial charge in [0.1, 0.15) is 6.29 Å². The van der Waals surface area contributed by atoms with Crippen LogP contribution in [0.15, 0.2) is 72.8 Å². The van der Waals surface area contributed by atoms with Gasteiger partial charge in [0.05, 0.1) is 21.2 Å². The zero-order valence-corrected chi connectivity index (χ0v) is 16.6. The molecule has 31 heavy (non-hydrogen) atoms. The van der Waals surface area contributed by atoms with Crippen LogP contribution in [0.5, 0.6) is 0 Å². The number of nitrogens with one attached hydrogen (secondary N) is 1. The lowest BCUT2D eigenvalue weighted by Gasteiger charge is -2.18. The number of nitro groups is 1. The zero-order valence-electron chi connectivity index (χ0n) is 15.9. The van der Waals surface area contributed by atoms with Gasteiger partial charge in [-0.1, -0.05) is 54.1 Å². The van der Waals surface area contributed by atoms with Gasteiger partial charge >= 0.3 is 5.97 Å². The normalized spacial score (nSPS) is 11.3. The molecule has 1 N–H and O–H groups in total. The Labute approximate surface area is 181 Å². The van der Waals surface area contributed by atoms with Gasteiger partial charge in [0, 0.05) is 23.3 Å². The van der Waals surface area contributed by atoms with E-state index in [0.29, 0.717) is 17.4 Å². The Morgan fingerprint density at radius 1 is 1.03 bits per heavy atom. The summed E-state index contributed by atoms with van der Waals surface area (Å²) in [5.74, 6) is -1.46. The van der Waals surface area contributed by atoms with Crippen LogP contribution in [0, 0.1) is 10.1 Å². The molecule has 0 spiro atoms. The van der Waals surface area contributed by atoms with E-state index < -0.39 is 22.9 Å². The molecule has 0 aliphatic heterocycles. The SMILES string of the molecule is O=Cc1ccc(C(=O)OC(C(=O)Nc2ccc([N+](=O)[O-])cc2Cl)c2ccccc2)cc1. The van der Waals surface area contributed by atoms with E-state index in [0.717, 1.165) is 6.07 Å². The fourth-order valence-corrected chi connectivity index (χ4v) is 2.91. The Hall–Kier alpha value is -4.04. The predicted octanol–water partition coefficient (Wildman–Crippen LogP) is 4.60. The van der Waals surface area contributed by atoms with Crippen molar-refractivity contribution in [1.29, 1.82) is 0 Å². The number of hydrogen-bond acceptors (Lipinski definition) is 6. The van der Waals surface area contributed by atoms with Crippen molar-refractivity contribution in [2.24, 2.45) is 0 Å². The molecule has 1 atom stereocenters. The van der Waals surface area contributed by atoms with E-state index in [4.69, 9.17) is 16.3 Å². The zero-order chi connectivity index (χ0) is 22.4. The van der Waals surface area contributed by atoms with E-state index in [9.17, 15) is 24.5 Å². The summed E-state index contributed by atoms with van der Waals surface area (Å²) in [5, 5.41) is 13.4. The summed E-state index contributed by atoms with van der Waals surface area (Å²) in [7, 11) is 0. The Bertz CT molecular complexity index is 1130. The van der Waals surface area contributed by atoms with E-state index in [1.165, 1.54) is 36.4 Å². The standard InChI is InChI=1S/C22H15ClN2O6/c23-18-12-17(25(29)30)10-11-19(18)24-21(27)20(15-4-2-1-3-5-15)31-22(28)16-8-6-14(13-26)7-9-16/h1-13,20H,(H,24,27). The molecule has 3 rings (SSSR count). The van der Waals surface area contributed by atoms with Crippen LogP contribution in [0.1, 0.15) is 32.4 Å². The maximum atomic E-state index is 12.9. The van der Waals surface area contributed by atoms with Crippen LogP contribution in [-0.4, -0.2) is 23.1 Å². The average molecular weight is 439 g/mol. The first-order chi connectivity index (χ1) is 14.9. The van der Waals surface area contributed by atoms with E-state index in [1.807, 2.05) is 0 Å². The highest BCUT2D eigenvalue weighted by Crippen LogP contribution is 2.28. The third kappa shape index (κ3) is 5.31. The number of nitro benzene ring substituents is 1. The van der Waals surface area contributed by atoms with Crippen molar-refractivity contribution in [2.45, 2.75) is 6.10 Å². The van der Waals surface area contributed by atoms with Crippen molar-refractivity contribution in [3.05, 3.63) is 105 Å². The first-order valence-corrected chi connectivity index (χ1v) is 9.33. The van der Waals surface area contributed by atoms with Crippen molar-refractivity contribution in [3.63, 3.8) is 0 Å². The monoisotopic (exact) mass is 438 g/mol. The lowest BCUT2D eigenvalue weighted by atomic mass is 10.1. The topological polar surface area (TPSA) is 116 Å². The maximum Gasteiger partial charge on any atom is 0.339 e. The molecule has 0 aromatic heterocycles. The molecule has 0 fully saturated rings. The number of rotatable bonds is 7. The molecule has 0 heterocycles. The Morgan fingerprint density at radius 3 is 2.29 bits per heavy atom. The fraction of sp³-hybridized carbons (Fsp3) is 0.0455. The molecule has 3 aromatic rings.